The van der Waals surface area contributed by atoms with E-state index in [1.54, 1.807) is 12.0 Å². The molecule has 23 heavy (non-hydrogen) atoms. The molecule has 0 unspecified atom stereocenters. The van der Waals surface area contributed by atoms with Crippen molar-refractivity contribution in [2.24, 2.45) is 5.73 Å². The second-order valence-electron chi connectivity index (χ2n) is 6.55. The van der Waals surface area contributed by atoms with Crippen LogP contribution in [0.2, 0.25) is 0 Å². The largest absolute Gasteiger partial charge is 0.383 e. The van der Waals surface area contributed by atoms with Crippen molar-refractivity contribution in [3.05, 3.63) is 29.8 Å². The summed E-state index contributed by atoms with van der Waals surface area (Å²) in [6, 6.07) is 7.77. The summed E-state index contributed by atoms with van der Waals surface area (Å²) in [5, 5.41) is 2.83. The van der Waals surface area contributed by atoms with E-state index in [1.807, 2.05) is 24.3 Å². The fourth-order valence-corrected chi connectivity index (χ4v) is 2.11. The molecule has 2 amide bonds. The zero-order valence-corrected chi connectivity index (χ0v) is 14.4. The number of carbonyl (C=O) groups excluding carboxylic acids is 2. The predicted molar refractivity (Wildman–Crippen MR) is 91.3 cm³/mol. The summed E-state index contributed by atoms with van der Waals surface area (Å²) < 4.78 is 4.97. The molecule has 0 heterocycles. The third kappa shape index (κ3) is 7.25. The van der Waals surface area contributed by atoms with Crippen LogP contribution in [0.15, 0.2) is 24.3 Å². The van der Waals surface area contributed by atoms with Crippen LogP contribution in [0.1, 0.15) is 26.3 Å². The number of rotatable bonds is 8. The minimum atomic E-state index is -0.469. The number of nitrogens with one attached hydrogen (secondary N) is 1. The Morgan fingerprint density at radius 3 is 2.26 bits per heavy atom. The van der Waals surface area contributed by atoms with Crippen LogP contribution in [0.5, 0.6) is 0 Å². The highest BCUT2D eigenvalue weighted by Gasteiger charge is 2.15. The Bertz CT molecular complexity index is 521. The molecule has 0 fully saturated rings. The molecule has 1 aromatic carbocycles. The number of methoxy groups -OCH3 is 1. The van der Waals surface area contributed by atoms with E-state index in [9.17, 15) is 9.59 Å². The van der Waals surface area contributed by atoms with E-state index in [0.29, 0.717) is 13.2 Å². The van der Waals surface area contributed by atoms with Crippen LogP contribution in [0.25, 0.3) is 0 Å². The van der Waals surface area contributed by atoms with Gasteiger partial charge in [-0.05, 0) is 23.1 Å². The number of nitrogens with two attached hydrogens (primary N) is 1. The highest BCUT2D eigenvalue weighted by Crippen LogP contribution is 2.23. The van der Waals surface area contributed by atoms with Crippen molar-refractivity contribution in [2.75, 3.05) is 38.7 Å². The van der Waals surface area contributed by atoms with Gasteiger partial charge in [0.2, 0.25) is 11.8 Å². The number of anilines is 1. The average molecular weight is 321 g/mol. The second kappa shape index (κ2) is 8.64. The van der Waals surface area contributed by atoms with E-state index < -0.39 is 5.91 Å². The molecule has 6 heteroatoms. The number of hydrogen-bond acceptors (Lipinski definition) is 4. The smallest absolute Gasteiger partial charge is 0.238 e. The van der Waals surface area contributed by atoms with Crippen molar-refractivity contribution in [2.45, 2.75) is 26.2 Å². The quantitative estimate of drug-likeness (QED) is 0.757. The zero-order valence-electron chi connectivity index (χ0n) is 14.4. The van der Waals surface area contributed by atoms with Crippen molar-refractivity contribution in [1.82, 2.24) is 4.90 Å². The second-order valence-corrected chi connectivity index (χ2v) is 6.55. The summed E-state index contributed by atoms with van der Waals surface area (Å²) in [5.41, 5.74) is 7.20. The molecule has 3 N–H and O–H groups in total. The van der Waals surface area contributed by atoms with Gasteiger partial charge in [0.25, 0.3) is 0 Å². The van der Waals surface area contributed by atoms with Gasteiger partial charge < -0.3 is 15.8 Å². The topological polar surface area (TPSA) is 84.7 Å². The molecule has 0 bridgehead atoms. The Morgan fingerprint density at radius 1 is 1.17 bits per heavy atom. The molecule has 0 saturated carbocycles. The molecule has 6 nitrogen and oxygen atoms in total. The van der Waals surface area contributed by atoms with Crippen LogP contribution in [-0.2, 0) is 19.7 Å². The zero-order chi connectivity index (χ0) is 17.5. The number of ether oxygens (including phenoxy) is 1. The van der Waals surface area contributed by atoms with Crippen molar-refractivity contribution in [3.8, 4) is 0 Å². The first-order chi connectivity index (χ1) is 10.7. The fourth-order valence-electron chi connectivity index (χ4n) is 2.11. The lowest BCUT2D eigenvalue weighted by atomic mass is 9.87. The van der Waals surface area contributed by atoms with E-state index in [0.717, 1.165) is 5.69 Å². The van der Waals surface area contributed by atoms with Gasteiger partial charge >= 0.3 is 0 Å². The number of primary amides is 1. The molecule has 0 atom stereocenters. The predicted octanol–water partition coefficient (Wildman–Crippen LogP) is 1.36. The number of amides is 2. The van der Waals surface area contributed by atoms with E-state index in [1.165, 1.54) is 5.56 Å². The SMILES string of the molecule is COCCN(CC(N)=O)CC(=O)Nc1ccc(C(C)(C)C)cc1. The van der Waals surface area contributed by atoms with Crippen LogP contribution >= 0.6 is 0 Å². The number of carbonyl (C=O) groups is 2. The van der Waals surface area contributed by atoms with Gasteiger partial charge in [0, 0.05) is 19.3 Å². The summed E-state index contributed by atoms with van der Waals surface area (Å²) in [6.45, 7) is 7.43. The van der Waals surface area contributed by atoms with E-state index >= 15 is 0 Å². The maximum absolute atomic E-state index is 12.1. The van der Waals surface area contributed by atoms with Crippen LogP contribution in [0.3, 0.4) is 0 Å². The molecule has 0 aliphatic carbocycles. The third-order valence-electron chi connectivity index (χ3n) is 3.39. The molecular weight excluding hydrogens is 294 g/mol. The summed E-state index contributed by atoms with van der Waals surface area (Å²) in [7, 11) is 1.57. The lowest BCUT2D eigenvalue weighted by Crippen LogP contribution is -2.40. The van der Waals surface area contributed by atoms with Gasteiger partial charge in [0.15, 0.2) is 0 Å². The number of nitrogens with zero attached hydrogens (tertiary/aromatic N) is 1. The number of hydrogen-bond donors (Lipinski definition) is 2. The molecule has 1 aromatic rings. The van der Waals surface area contributed by atoms with Crippen molar-refractivity contribution >= 4 is 17.5 Å². The minimum Gasteiger partial charge on any atom is -0.383 e. The Kier molecular flexibility index (Phi) is 7.19. The molecule has 0 aliphatic heterocycles. The van der Waals surface area contributed by atoms with Crippen molar-refractivity contribution < 1.29 is 14.3 Å². The first kappa shape index (κ1) is 19.1. The van der Waals surface area contributed by atoms with Gasteiger partial charge in [0.05, 0.1) is 19.7 Å². The summed E-state index contributed by atoms with van der Waals surface area (Å²) in [5.74, 6) is -0.658. The molecule has 0 spiro atoms. The Hall–Kier alpha value is -1.92. The lowest BCUT2D eigenvalue weighted by Gasteiger charge is -2.21. The van der Waals surface area contributed by atoms with Crippen LogP contribution in [0.4, 0.5) is 5.69 Å². The maximum atomic E-state index is 12.1. The average Bonchev–Trinajstić information content (AvgIpc) is 2.43. The molecule has 128 valence electrons. The lowest BCUT2D eigenvalue weighted by molar-refractivity contribution is -0.121. The third-order valence-corrected chi connectivity index (χ3v) is 3.39. The first-order valence-electron chi connectivity index (χ1n) is 7.62. The molecule has 0 aliphatic rings. The molecular formula is C17H27N3O3. The van der Waals surface area contributed by atoms with Gasteiger partial charge in [-0.15, -0.1) is 0 Å². The highest BCUT2D eigenvalue weighted by molar-refractivity contribution is 5.92. The molecule has 0 aromatic heterocycles. The van der Waals surface area contributed by atoms with Gasteiger partial charge in [-0.25, -0.2) is 0 Å². The standard InChI is InChI=1S/C17H27N3O3/c1-17(2,3)13-5-7-14(8-6-13)19-16(22)12-20(9-10-23-4)11-15(18)21/h5-8H,9-12H2,1-4H3,(H2,18,21)(H,19,22). The molecule has 0 saturated heterocycles. The fraction of sp³-hybridized carbons (Fsp3) is 0.529. The first-order valence-corrected chi connectivity index (χ1v) is 7.62. The van der Waals surface area contributed by atoms with Crippen LogP contribution < -0.4 is 11.1 Å². The van der Waals surface area contributed by atoms with Crippen molar-refractivity contribution in [3.63, 3.8) is 0 Å². The Morgan fingerprint density at radius 2 is 1.78 bits per heavy atom. The van der Waals surface area contributed by atoms with Crippen LogP contribution in [-0.4, -0.2) is 50.1 Å². The van der Waals surface area contributed by atoms with Crippen molar-refractivity contribution in [1.29, 1.82) is 0 Å². The van der Waals surface area contributed by atoms with Gasteiger partial charge in [0.1, 0.15) is 0 Å². The Labute approximate surface area is 138 Å². The van der Waals surface area contributed by atoms with E-state index in [-0.39, 0.29) is 24.4 Å². The highest BCUT2D eigenvalue weighted by atomic mass is 16.5. The molecule has 0 radical (unpaired) electrons. The van der Waals surface area contributed by atoms with Gasteiger partial charge in [-0.2, -0.15) is 0 Å². The normalized spacial score (nSPS) is 11.5. The van der Waals surface area contributed by atoms with Gasteiger partial charge in [-0.3, -0.25) is 14.5 Å². The van der Waals surface area contributed by atoms with E-state index in [4.69, 9.17) is 10.5 Å². The van der Waals surface area contributed by atoms with Gasteiger partial charge in [-0.1, -0.05) is 32.9 Å². The molecule has 1 rings (SSSR count). The number of benzene rings is 1. The minimum absolute atomic E-state index is 0.0275. The monoisotopic (exact) mass is 321 g/mol. The maximum Gasteiger partial charge on any atom is 0.238 e. The summed E-state index contributed by atoms with van der Waals surface area (Å²) in [6.07, 6.45) is 0. The van der Waals surface area contributed by atoms with E-state index in [2.05, 4.69) is 26.1 Å². The Balaban J connectivity index is 2.61. The summed E-state index contributed by atoms with van der Waals surface area (Å²) in [4.78, 5) is 24.8. The summed E-state index contributed by atoms with van der Waals surface area (Å²) >= 11 is 0. The van der Waals surface area contributed by atoms with Crippen LogP contribution in [0, 0.1) is 0 Å².